The third-order valence-electron chi connectivity index (χ3n) is 4.55. The number of pyridine rings is 1. The van der Waals surface area contributed by atoms with Gasteiger partial charge in [0, 0.05) is 42.9 Å². The lowest BCUT2D eigenvalue weighted by Gasteiger charge is -2.38. The van der Waals surface area contributed by atoms with Crippen LogP contribution < -0.4 is 0 Å². The van der Waals surface area contributed by atoms with E-state index >= 15 is 0 Å². The number of nitrogens with zero attached hydrogens (tertiary/aromatic N) is 2. The van der Waals surface area contributed by atoms with Gasteiger partial charge in [0.05, 0.1) is 0 Å². The highest BCUT2D eigenvalue weighted by Gasteiger charge is 2.38. The van der Waals surface area contributed by atoms with E-state index in [4.69, 9.17) is 0 Å². The number of carbonyl (C=O) groups is 2. The first-order chi connectivity index (χ1) is 9.77. The van der Waals surface area contributed by atoms with E-state index in [0.29, 0.717) is 17.8 Å². The highest BCUT2D eigenvalue weighted by atomic mass is 16.2. The van der Waals surface area contributed by atoms with Crippen LogP contribution >= 0.6 is 0 Å². The first-order valence-electron chi connectivity index (χ1n) is 7.51. The van der Waals surface area contributed by atoms with Gasteiger partial charge in [0.25, 0.3) is 5.91 Å². The fourth-order valence-electron chi connectivity index (χ4n) is 3.54. The Bertz CT molecular complexity index is 500. The maximum atomic E-state index is 12.7. The number of likely N-dealkylation sites (tertiary alicyclic amines) is 1. The molecule has 0 spiro atoms. The van der Waals surface area contributed by atoms with Gasteiger partial charge in [0.2, 0.25) is 0 Å². The second-order valence-electron chi connectivity index (χ2n) is 5.76. The van der Waals surface area contributed by atoms with Gasteiger partial charge in [-0.1, -0.05) is 0 Å². The Hall–Kier alpha value is -1.71. The standard InChI is InChI=1S/C16H20N2O2/c19-15-6-3-4-13(15)14-5-1-2-11-18(14)16(20)12-7-9-17-10-8-12/h7-10,13-14H,1-6,11H2. The van der Waals surface area contributed by atoms with Crippen LogP contribution in [0.1, 0.15) is 48.9 Å². The van der Waals surface area contributed by atoms with Crippen molar-refractivity contribution in [1.82, 2.24) is 9.88 Å². The number of amides is 1. The summed E-state index contributed by atoms with van der Waals surface area (Å²) < 4.78 is 0. The van der Waals surface area contributed by atoms with Gasteiger partial charge in [0.1, 0.15) is 5.78 Å². The topological polar surface area (TPSA) is 50.3 Å². The monoisotopic (exact) mass is 272 g/mol. The number of piperidine rings is 1. The fraction of sp³-hybridized carbons (Fsp3) is 0.562. The molecule has 0 aromatic carbocycles. The van der Waals surface area contributed by atoms with Crippen LogP contribution in [0.25, 0.3) is 0 Å². The molecule has 2 atom stereocenters. The summed E-state index contributed by atoms with van der Waals surface area (Å²) in [6, 6.07) is 3.62. The van der Waals surface area contributed by atoms with Crippen molar-refractivity contribution in [3.8, 4) is 0 Å². The first kappa shape index (κ1) is 13.3. The molecule has 1 saturated heterocycles. The van der Waals surface area contributed by atoms with Gasteiger partial charge < -0.3 is 4.90 Å². The third kappa shape index (κ3) is 2.47. The molecule has 3 rings (SSSR count). The van der Waals surface area contributed by atoms with Crippen LogP contribution in [0.5, 0.6) is 0 Å². The normalized spacial score (nSPS) is 26.8. The summed E-state index contributed by atoms with van der Waals surface area (Å²) in [5.41, 5.74) is 0.678. The maximum absolute atomic E-state index is 12.7. The van der Waals surface area contributed by atoms with E-state index in [1.807, 2.05) is 4.90 Å². The highest BCUT2D eigenvalue weighted by molar-refractivity contribution is 5.95. The molecule has 1 aliphatic carbocycles. The molecule has 0 radical (unpaired) electrons. The summed E-state index contributed by atoms with van der Waals surface area (Å²) >= 11 is 0. The van der Waals surface area contributed by atoms with E-state index in [1.54, 1.807) is 24.5 Å². The van der Waals surface area contributed by atoms with Gasteiger partial charge in [-0.2, -0.15) is 0 Å². The predicted molar refractivity (Wildman–Crippen MR) is 75.3 cm³/mol. The second-order valence-corrected chi connectivity index (χ2v) is 5.76. The predicted octanol–water partition coefficient (Wildman–Crippen LogP) is 2.45. The lowest BCUT2D eigenvalue weighted by molar-refractivity contribution is -0.122. The molecule has 2 unspecified atom stereocenters. The van der Waals surface area contributed by atoms with Crippen molar-refractivity contribution in [3.05, 3.63) is 30.1 Å². The number of rotatable bonds is 2. The van der Waals surface area contributed by atoms with Gasteiger partial charge in [-0.25, -0.2) is 0 Å². The second kappa shape index (κ2) is 5.73. The molecule has 0 N–H and O–H groups in total. The Morgan fingerprint density at radius 3 is 2.65 bits per heavy atom. The van der Waals surface area contributed by atoms with Crippen molar-refractivity contribution in [2.45, 2.75) is 44.6 Å². The molecule has 4 nitrogen and oxygen atoms in total. The third-order valence-corrected chi connectivity index (χ3v) is 4.55. The van der Waals surface area contributed by atoms with Crippen LogP contribution in [-0.4, -0.2) is 34.2 Å². The molecule has 1 aromatic rings. The van der Waals surface area contributed by atoms with E-state index in [0.717, 1.165) is 38.6 Å². The molecule has 0 bridgehead atoms. The van der Waals surface area contributed by atoms with Crippen LogP contribution in [0.2, 0.25) is 0 Å². The van der Waals surface area contributed by atoms with Gasteiger partial charge in [-0.15, -0.1) is 0 Å². The van der Waals surface area contributed by atoms with Gasteiger partial charge in [0.15, 0.2) is 0 Å². The minimum Gasteiger partial charge on any atom is -0.335 e. The van der Waals surface area contributed by atoms with Crippen LogP contribution in [0.4, 0.5) is 0 Å². The van der Waals surface area contributed by atoms with Crippen LogP contribution in [0, 0.1) is 5.92 Å². The minimum absolute atomic E-state index is 0.0526. The molecular formula is C16H20N2O2. The zero-order chi connectivity index (χ0) is 13.9. The summed E-state index contributed by atoms with van der Waals surface area (Å²) in [4.78, 5) is 30.6. The maximum Gasteiger partial charge on any atom is 0.254 e. The Kier molecular flexibility index (Phi) is 3.81. The van der Waals surface area contributed by atoms with Crippen molar-refractivity contribution in [2.24, 2.45) is 5.92 Å². The molecule has 1 aliphatic heterocycles. The number of Topliss-reactive ketones (excluding diaryl/α,β-unsaturated/α-hetero) is 1. The summed E-state index contributed by atoms with van der Waals surface area (Å²) in [7, 11) is 0. The fourth-order valence-corrected chi connectivity index (χ4v) is 3.54. The quantitative estimate of drug-likeness (QED) is 0.831. The van der Waals surface area contributed by atoms with Crippen molar-refractivity contribution in [3.63, 3.8) is 0 Å². The minimum atomic E-state index is 0.0526. The molecule has 106 valence electrons. The van der Waals surface area contributed by atoms with Crippen LogP contribution in [0.3, 0.4) is 0 Å². The summed E-state index contributed by atoms with van der Waals surface area (Å²) in [6.45, 7) is 0.773. The van der Waals surface area contributed by atoms with Crippen LogP contribution in [-0.2, 0) is 4.79 Å². The summed E-state index contributed by atoms with van der Waals surface area (Å²) in [6.07, 6.45) is 9.04. The molecule has 1 saturated carbocycles. The van der Waals surface area contributed by atoms with Crippen molar-refractivity contribution in [1.29, 1.82) is 0 Å². The van der Waals surface area contributed by atoms with E-state index in [-0.39, 0.29) is 17.9 Å². The molecule has 2 fully saturated rings. The molecular weight excluding hydrogens is 252 g/mol. The zero-order valence-electron chi connectivity index (χ0n) is 11.6. The number of hydrogen-bond acceptors (Lipinski definition) is 3. The Labute approximate surface area is 119 Å². The Morgan fingerprint density at radius 1 is 1.15 bits per heavy atom. The Morgan fingerprint density at radius 2 is 1.95 bits per heavy atom. The van der Waals surface area contributed by atoms with Crippen molar-refractivity contribution < 1.29 is 9.59 Å². The average Bonchev–Trinajstić information content (AvgIpc) is 2.93. The molecule has 20 heavy (non-hydrogen) atoms. The summed E-state index contributed by atoms with van der Waals surface area (Å²) in [5.74, 6) is 0.474. The SMILES string of the molecule is O=C1CCCC1C1CCCCN1C(=O)c1ccncc1. The van der Waals surface area contributed by atoms with Gasteiger partial charge >= 0.3 is 0 Å². The smallest absolute Gasteiger partial charge is 0.254 e. The Balaban J connectivity index is 1.82. The van der Waals surface area contributed by atoms with Crippen LogP contribution in [0.15, 0.2) is 24.5 Å². The molecule has 4 heteroatoms. The number of carbonyl (C=O) groups excluding carboxylic acids is 2. The molecule has 1 aromatic heterocycles. The van der Waals surface area contributed by atoms with E-state index in [9.17, 15) is 9.59 Å². The highest BCUT2D eigenvalue weighted by Crippen LogP contribution is 2.33. The lowest BCUT2D eigenvalue weighted by Crippen LogP contribution is -2.48. The number of hydrogen-bond donors (Lipinski definition) is 0. The average molecular weight is 272 g/mol. The lowest BCUT2D eigenvalue weighted by atomic mass is 9.88. The van der Waals surface area contributed by atoms with Crippen molar-refractivity contribution in [2.75, 3.05) is 6.54 Å². The van der Waals surface area contributed by atoms with Gasteiger partial charge in [-0.05, 0) is 44.2 Å². The molecule has 2 heterocycles. The summed E-state index contributed by atoms with van der Waals surface area (Å²) in [5, 5.41) is 0. The van der Waals surface area contributed by atoms with Gasteiger partial charge in [-0.3, -0.25) is 14.6 Å². The van der Waals surface area contributed by atoms with E-state index < -0.39 is 0 Å². The van der Waals surface area contributed by atoms with E-state index in [1.165, 1.54) is 0 Å². The number of aromatic nitrogens is 1. The number of ketones is 1. The first-order valence-corrected chi connectivity index (χ1v) is 7.51. The zero-order valence-corrected chi connectivity index (χ0v) is 11.6. The van der Waals surface area contributed by atoms with E-state index in [2.05, 4.69) is 4.98 Å². The molecule has 1 amide bonds. The largest absolute Gasteiger partial charge is 0.335 e. The molecule has 2 aliphatic rings. The van der Waals surface area contributed by atoms with Crippen molar-refractivity contribution >= 4 is 11.7 Å².